The third-order valence-corrected chi connectivity index (χ3v) is 3.97. The third kappa shape index (κ3) is 3.18. The Bertz CT molecular complexity index is 750. The minimum absolute atomic E-state index is 0.0773. The number of carbonyl (C=O) groups is 2. The number of anilines is 3. The molecule has 0 spiro atoms. The maximum absolute atomic E-state index is 12.3. The zero-order valence-electron chi connectivity index (χ0n) is 13.1. The predicted molar refractivity (Wildman–Crippen MR) is 91.6 cm³/mol. The summed E-state index contributed by atoms with van der Waals surface area (Å²) in [4.78, 5) is 24.4. The smallest absolute Gasteiger partial charge is 0.247 e. The fourth-order valence-corrected chi connectivity index (χ4v) is 2.72. The lowest BCUT2D eigenvalue weighted by Gasteiger charge is -2.26. The molecule has 1 aliphatic rings. The van der Waals surface area contributed by atoms with E-state index in [1.54, 1.807) is 0 Å². The van der Waals surface area contributed by atoms with Gasteiger partial charge in [0, 0.05) is 5.69 Å². The van der Waals surface area contributed by atoms with Gasteiger partial charge in [-0.15, -0.1) is 0 Å². The Kier molecular flexibility index (Phi) is 4.02. The molecule has 0 saturated heterocycles. The van der Waals surface area contributed by atoms with Crippen molar-refractivity contribution in [3.05, 3.63) is 53.6 Å². The van der Waals surface area contributed by atoms with Crippen molar-refractivity contribution in [2.75, 3.05) is 16.0 Å². The second-order valence-electron chi connectivity index (χ2n) is 5.75. The Morgan fingerprint density at radius 3 is 2.39 bits per heavy atom. The molecule has 2 aromatic carbocycles. The van der Waals surface area contributed by atoms with Crippen LogP contribution in [0.2, 0.25) is 0 Å². The number of benzene rings is 2. The first-order valence-electron chi connectivity index (χ1n) is 7.57. The van der Waals surface area contributed by atoms with Crippen LogP contribution in [0.3, 0.4) is 0 Å². The fourth-order valence-electron chi connectivity index (χ4n) is 2.72. The zero-order chi connectivity index (χ0) is 16.4. The summed E-state index contributed by atoms with van der Waals surface area (Å²) in [5.41, 5.74) is 4.39. The number of rotatable bonds is 3. The third-order valence-electron chi connectivity index (χ3n) is 3.97. The van der Waals surface area contributed by atoms with Gasteiger partial charge in [-0.1, -0.05) is 30.3 Å². The van der Waals surface area contributed by atoms with Gasteiger partial charge < -0.3 is 16.0 Å². The second-order valence-corrected chi connectivity index (χ2v) is 5.75. The van der Waals surface area contributed by atoms with Crippen molar-refractivity contribution in [3.8, 4) is 0 Å². The molecule has 0 aromatic heterocycles. The molecule has 2 amide bonds. The quantitative estimate of drug-likeness (QED) is 0.816. The zero-order valence-corrected chi connectivity index (χ0v) is 13.1. The van der Waals surface area contributed by atoms with Crippen molar-refractivity contribution in [1.29, 1.82) is 0 Å². The van der Waals surface area contributed by atoms with Gasteiger partial charge in [0.1, 0.15) is 6.04 Å². The van der Waals surface area contributed by atoms with E-state index >= 15 is 0 Å². The van der Waals surface area contributed by atoms with E-state index in [1.807, 2.05) is 56.3 Å². The highest BCUT2D eigenvalue weighted by Crippen LogP contribution is 2.27. The molecule has 0 bridgehead atoms. The first-order chi connectivity index (χ1) is 11.0. The molecule has 0 radical (unpaired) electrons. The Morgan fingerprint density at radius 2 is 1.70 bits per heavy atom. The van der Waals surface area contributed by atoms with E-state index in [-0.39, 0.29) is 18.2 Å². The summed E-state index contributed by atoms with van der Waals surface area (Å²) < 4.78 is 0. The molecular weight excluding hydrogens is 290 g/mol. The van der Waals surface area contributed by atoms with Gasteiger partial charge in [0.05, 0.1) is 17.8 Å². The van der Waals surface area contributed by atoms with Crippen LogP contribution in [0.15, 0.2) is 42.5 Å². The molecule has 1 heterocycles. The van der Waals surface area contributed by atoms with Crippen molar-refractivity contribution >= 4 is 28.9 Å². The van der Waals surface area contributed by atoms with E-state index < -0.39 is 6.04 Å². The molecular formula is C18H19N3O2. The van der Waals surface area contributed by atoms with E-state index in [1.165, 1.54) is 0 Å². The van der Waals surface area contributed by atoms with Crippen LogP contribution >= 0.6 is 0 Å². The largest absolute Gasteiger partial charge is 0.372 e. The lowest BCUT2D eigenvalue weighted by molar-refractivity contribution is -0.122. The van der Waals surface area contributed by atoms with Crippen molar-refractivity contribution < 1.29 is 9.59 Å². The van der Waals surface area contributed by atoms with Gasteiger partial charge in [-0.25, -0.2) is 0 Å². The molecule has 3 N–H and O–H groups in total. The highest BCUT2D eigenvalue weighted by molar-refractivity contribution is 6.06. The summed E-state index contributed by atoms with van der Waals surface area (Å²) in [7, 11) is 0. The monoisotopic (exact) mass is 309 g/mol. The number of fused-ring (bicyclic) bond motifs is 1. The molecule has 1 atom stereocenters. The van der Waals surface area contributed by atoms with Crippen LogP contribution < -0.4 is 16.0 Å². The minimum Gasteiger partial charge on any atom is -0.372 e. The van der Waals surface area contributed by atoms with E-state index in [0.29, 0.717) is 0 Å². The van der Waals surface area contributed by atoms with Gasteiger partial charge in [0.15, 0.2) is 0 Å². The first-order valence-corrected chi connectivity index (χ1v) is 7.57. The Balaban J connectivity index is 1.70. The number of amides is 2. The minimum atomic E-state index is -0.575. The molecule has 0 saturated carbocycles. The molecule has 23 heavy (non-hydrogen) atoms. The lowest BCUT2D eigenvalue weighted by Crippen LogP contribution is -2.41. The van der Waals surface area contributed by atoms with Crippen LogP contribution in [0.25, 0.3) is 0 Å². The fraction of sp³-hybridized carbons (Fsp3) is 0.222. The summed E-state index contributed by atoms with van der Waals surface area (Å²) in [5, 5.41) is 8.85. The van der Waals surface area contributed by atoms with Gasteiger partial charge in [0.2, 0.25) is 11.8 Å². The summed E-state index contributed by atoms with van der Waals surface area (Å²) in [6.07, 6.45) is 0.0773. The lowest BCUT2D eigenvalue weighted by atomic mass is 10.1. The average molecular weight is 309 g/mol. The number of carbonyl (C=O) groups excluding carboxylic acids is 2. The molecule has 0 unspecified atom stereocenters. The number of hydrogen-bond donors (Lipinski definition) is 3. The molecule has 2 aromatic rings. The van der Waals surface area contributed by atoms with Crippen LogP contribution in [0.1, 0.15) is 17.5 Å². The SMILES string of the molecule is Cc1cccc(C)c1NC(=O)C[C@@H]1Nc2ccccc2NC1=O. The van der Waals surface area contributed by atoms with E-state index in [2.05, 4.69) is 16.0 Å². The van der Waals surface area contributed by atoms with Gasteiger partial charge in [0.25, 0.3) is 0 Å². The Morgan fingerprint density at radius 1 is 1.04 bits per heavy atom. The van der Waals surface area contributed by atoms with E-state index in [4.69, 9.17) is 0 Å². The maximum atomic E-state index is 12.3. The number of hydrogen-bond acceptors (Lipinski definition) is 3. The maximum Gasteiger partial charge on any atom is 0.247 e. The van der Waals surface area contributed by atoms with Crippen molar-refractivity contribution in [1.82, 2.24) is 0 Å². The standard InChI is InChI=1S/C18H19N3O2/c1-11-6-5-7-12(2)17(11)21-16(22)10-15-18(23)20-14-9-4-3-8-13(14)19-15/h3-9,15,19H,10H2,1-2H3,(H,20,23)(H,21,22)/t15-/m0/s1. The molecule has 1 aliphatic heterocycles. The highest BCUT2D eigenvalue weighted by atomic mass is 16.2. The van der Waals surface area contributed by atoms with Gasteiger partial charge in [-0.3, -0.25) is 9.59 Å². The van der Waals surface area contributed by atoms with Crippen LogP contribution in [-0.4, -0.2) is 17.9 Å². The normalized spacial score (nSPS) is 16.1. The number of aryl methyl sites for hydroxylation is 2. The summed E-state index contributed by atoms with van der Waals surface area (Å²) in [5.74, 6) is -0.380. The van der Waals surface area contributed by atoms with Gasteiger partial charge >= 0.3 is 0 Å². The molecule has 5 nitrogen and oxygen atoms in total. The van der Waals surface area contributed by atoms with Crippen molar-refractivity contribution in [3.63, 3.8) is 0 Å². The molecule has 118 valence electrons. The number of para-hydroxylation sites is 3. The van der Waals surface area contributed by atoms with E-state index in [0.717, 1.165) is 28.2 Å². The topological polar surface area (TPSA) is 70.2 Å². The molecule has 5 heteroatoms. The van der Waals surface area contributed by atoms with Crippen molar-refractivity contribution in [2.45, 2.75) is 26.3 Å². The second kappa shape index (κ2) is 6.12. The van der Waals surface area contributed by atoms with E-state index in [9.17, 15) is 9.59 Å². The number of nitrogens with one attached hydrogen (secondary N) is 3. The van der Waals surface area contributed by atoms with Crippen LogP contribution in [0.4, 0.5) is 17.1 Å². The molecule has 0 fully saturated rings. The summed E-state index contributed by atoms with van der Waals surface area (Å²) >= 11 is 0. The van der Waals surface area contributed by atoms with Crippen LogP contribution in [-0.2, 0) is 9.59 Å². The van der Waals surface area contributed by atoms with Crippen molar-refractivity contribution in [2.24, 2.45) is 0 Å². The highest BCUT2D eigenvalue weighted by Gasteiger charge is 2.27. The summed E-state index contributed by atoms with van der Waals surface area (Å²) in [6.45, 7) is 3.90. The molecule has 3 rings (SSSR count). The van der Waals surface area contributed by atoms with Gasteiger partial charge in [-0.05, 0) is 37.1 Å². The first kappa shape index (κ1) is 15.1. The average Bonchev–Trinajstić information content (AvgIpc) is 2.52. The Hall–Kier alpha value is -2.82. The molecule has 0 aliphatic carbocycles. The van der Waals surface area contributed by atoms with Crippen LogP contribution in [0.5, 0.6) is 0 Å². The summed E-state index contributed by atoms with van der Waals surface area (Å²) in [6, 6.07) is 12.7. The Labute approximate surface area is 135 Å². The van der Waals surface area contributed by atoms with Crippen LogP contribution in [0, 0.1) is 13.8 Å². The van der Waals surface area contributed by atoms with Gasteiger partial charge in [-0.2, -0.15) is 0 Å². The predicted octanol–water partition coefficient (Wildman–Crippen LogP) is 3.06.